The molecule has 0 fully saturated rings. The minimum atomic E-state index is -0.406. The zero-order chi connectivity index (χ0) is 15.1. The van der Waals surface area contributed by atoms with E-state index in [0.29, 0.717) is 5.69 Å². The summed E-state index contributed by atoms with van der Waals surface area (Å²) in [5.74, 6) is -0.807. The van der Waals surface area contributed by atoms with Crippen LogP contribution in [0.3, 0.4) is 0 Å². The van der Waals surface area contributed by atoms with Crippen molar-refractivity contribution in [3.8, 4) is 0 Å². The third-order valence-corrected chi connectivity index (χ3v) is 3.40. The highest BCUT2D eigenvalue weighted by molar-refractivity contribution is 8.01. The molecule has 1 amide bonds. The van der Waals surface area contributed by atoms with Gasteiger partial charge in [-0.3, -0.25) is 9.59 Å². The van der Waals surface area contributed by atoms with Crippen molar-refractivity contribution in [1.29, 1.82) is 0 Å². The van der Waals surface area contributed by atoms with Crippen molar-refractivity contribution in [3.05, 3.63) is 30.1 Å². The predicted octanol–water partition coefficient (Wildman–Crippen LogP) is 2.84. The molecule has 1 aromatic rings. The molecule has 0 aliphatic carbocycles. The number of carbonyl (C=O) groups is 2. The van der Waals surface area contributed by atoms with E-state index in [0.717, 1.165) is 0 Å². The highest BCUT2D eigenvalue weighted by atomic mass is 32.2. The number of hydrogen-bond donors (Lipinski definition) is 1. The van der Waals surface area contributed by atoms with Gasteiger partial charge in [-0.25, -0.2) is 4.39 Å². The van der Waals surface area contributed by atoms with Crippen molar-refractivity contribution in [2.24, 2.45) is 0 Å². The number of thioether (sulfide) groups is 1. The number of benzene rings is 1. The van der Waals surface area contributed by atoms with Gasteiger partial charge >= 0.3 is 5.97 Å². The van der Waals surface area contributed by atoms with Crippen LogP contribution in [-0.2, 0) is 14.3 Å². The first-order valence-electron chi connectivity index (χ1n) is 6.26. The molecule has 0 aliphatic rings. The third-order valence-electron chi connectivity index (χ3n) is 2.28. The van der Waals surface area contributed by atoms with Gasteiger partial charge in [0.15, 0.2) is 0 Å². The van der Waals surface area contributed by atoms with Crippen molar-refractivity contribution in [2.45, 2.75) is 32.1 Å². The van der Waals surface area contributed by atoms with Gasteiger partial charge in [0.2, 0.25) is 5.91 Å². The number of nitrogens with one attached hydrogen (secondary N) is 1. The molecular formula is C14H18FNO3S. The monoisotopic (exact) mass is 299 g/mol. The lowest BCUT2D eigenvalue weighted by Crippen LogP contribution is -2.23. The molecule has 0 bridgehead atoms. The second-order valence-corrected chi connectivity index (χ2v) is 5.82. The van der Waals surface area contributed by atoms with Gasteiger partial charge in [-0.05, 0) is 45.0 Å². The minimum Gasteiger partial charge on any atom is -0.462 e. The number of hydrogen-bond acceptors (Lipinski definition) is 4. The lowest BCUT2D eigenvalue weighted by molar-refractivity contribution is -0.146. The molecule has 0 saturated carbocycles. The van der Waals surface area contributed by atoms with Crippen molar-refractivity contribution in [1.82, 2.24) is 0 Å². The van der Waals surface area contributed by atoms with Crippen molar-refractivity contribution >= 4 is 29.3 Å². The summed E-state index contributed by atoms with van der Waals surface area (Å²) in [6.45, 7) is 5.24. The molecule has 110 valence electrons. The quantitative estimate of drug-likeness (QED) is 0.821. The first-order chi connectivity index (χ1) is 9.38. The van der Waals surface area contributed by atoms with E-state index in [-0.39, 0.29) is 29.6 Å². The van der Waals surface area contributed by atoms with E-state index in [9.17, 15) is 14.0 Å². The molecule has 0 aromatic heterocycles. The molecule has 1 atom stereocenters. The van der Waals surface area contributed by atoms with E-state index in [2.05, 4.69) is 5.32 Å². The van der Waals surface area contributed by atoms with Crippen LogP contribution in [0.4, 0.5) is 10.1 Å². The summed E-state index contributed by atoms with van der Waals surface area (Å²) in [5, 5.41) is 2.22. The average Bonchev–Trinajstić information content (AvgIpc) is 2.38. The van der Waals surface area contributed by atoms with E-state index in [1.54, 1.807) is 20.8 Å². The highest BCUT2D eigenvalue weighted by Gasteiger charge is 2.17. The summed E-state index contributed by atoms with van der Waals surface area (Å²) >= 11 is 1.20. The summed E-state index contributed by atoms with van der Waals surface area (Å²) in [4.78, 5) is 23.2. The summed E-state index contributed by atoms with van der Waals surface area (Å²) in [6.07, 6.45) is -0.168. The Morgan fingerprint density at radius 2 is 1.85 bits per heavy atom. The normalized spacial score (nSPS) is 12.1. The van der Waals surface area contributed by atoms with Gasteiger partial charge in [0.05, 0.1) is 11.9 Å². The number of halogens is 1. The number of anilines is 1. The van der Waals surface area contributed by atoms with Crippen molar-refractivity contribution < 1.29 is 18.7 Å². The fraction of sp³-hybridized carbons (Fsp3) is 0.429. The summed E-state index contributed by atoms with van der Waals surface area (Å²) in [5.41, 5.74) is 0.523. The maximum absolute atomic E-state index is 12.7. The summed E-state index contributed by atoms with van der Waals surface area (Å²) < 4.78 is 17.7. The number of esters is 1. The first kappa shape index (κ1) is 16.5. The van der Waals surface area contributed by atoms with Crippen LogP contribution in [0.2, 0.25) is 0 Å². The van der Waals surface area contributed by atoms with E-state index in [1.807, 2.05) is 0 Å². The first-order valence-corrected chi connectivity index (χ1v) is 7.31. The van der Waals surface area contributed by atoms with Gasteiger partial charge in [-0.1, -0.05) is 0 Å². The molecule has 0 saturated heterocycles. The molecule has 1 unspecified atom stereocenters. The van der Waals surface area contributed by atoms with Crippen molar-refractivity contribution in [2.75, 3.05) is 11.1 Å². The molecule has 0 aliphatic heterocycles. The van der Waals surface area contributed by atoms with Crippen LogP contribution in [0.15, 0.2) is 24.3 Å². The number of rotatable bonds is 6. The van der Waals surface area contributed by atoms with Crippen LogP contribution in [0.1, 0.15) is 20.8 Å². The van der Waals surface area contributed by atoms with Gasteiger partial charge in [-0.15, -0.1) is 11.8 Å². The van der Waals surface area contributed by atoms with Gasteiger partial charge in [0, 0.05) is 5.69 Å². The standard InChI is InChI=1S/C14H18FNO3S/c1-9(2)19-14(18)10(3)20-8-13(17)16-12-6-4-11(15)5-7-12/h4-7,9-10H,8H2,1-3H3,(H,16,17). The fourth-order valence-electron chi connectivity index (χ4n) is 1.33. The lowest BCUT2D eigenvalue weighted by atomic mass is 10.3. The van der Waals surface area contributed by atoms with E-state index in [1.165, 1.54) is 36.0 Å². The molecule has 1 N–H and O–H groups in total. The Morgan fingerprint density at radius 3 is 2.40 bits per heavy atom. The Balaban J connectivity index is 2.36. The highest BCUT2D eigenvalue weighted by Crippen LogP contribution is 2.14. The Hall–Kier alpha value is -1.56. The van der Waals surface area contributed by atoms with Gasteiger partial charge in [-0.2, -0.15) is 0 Å². The summed E-state index contributed by atoms with van der Waals surface area (Å²) in [7, 11) is 0. The molecule has 4 nitrogen and oxygen atoms in total. The molecule has 1 rings (SSSR count). The topological polar surface area (TPSA) is 55.4 Å². The van der Waals surface area contributed by atoms with E-state index >= 15 is 0 Å². The lowest BCUT2D eigenvalue weighted by Gasteiger charge is -2.13. The second-order valence-electron chi connectivity index (χ2n) is 4.49. The van der Waals surface area contributed by atoms with Crippen molar-refractivity contribution in [3.63, 3.8) is 0 Å². The maximum Gasteiger partial charge on any atom is 0.319 e. The number of amides is 1. The van der Waals surface area contributed by atoms with E-state index in [4.69, 9.17) is 4.74 Å². The van der Waals surface area contributed by atoms with Crippen LogP contribution in [0.5, 0.6) is 0 Å². The average molecular weight is 299 g/mol. The number of carbonyl (C=O) groups excluding carboxylic acids is 2. The molecular weight excluding hydrogens is 281 g/mol. The van der Waals surface area contributed by atoms with Gasteiger partial charge < -0.3 is 10.1 Å². The zero-order valence-corrected chi connectivity index (χ0v) is 12.5. The van der Waals surface area contributed by atoms with E-state index < -0.39 is 5.25 Å². The Bertz CT molecular complexity index is 462. The van der Waals surface area contributed by atoms with Crippen LogP contribution < -0.4 is 5.32 Å². The molecule has 20 heavy (non-hydrogen) atoms. The fourth-order valence-corrected chi connectivity index (χ4v) is 1.99. The molecule has 0 radical (unpaired) electrons. The van der Waals surface area contributed by atoms with Gasteiger partial charge in [0.1, 0.15) is 11.1 Å². The predicted molar refractivity (Wildman–Crippen MR) is 78.2 cm³/mol. The second kappa shape index (κ2) is 7.89. The maximum atomic E-state index is 12.7. The van der Waals surface area contributed by atoms with Gasteiger partial charge in [0.25, 0.3) is 0 Å². The van der Waals surface area contributed by atoms with Crippen LogP contribution in [0.25, 0.3) is 0 Å². The van der Waals surface area contributed by atoms with Crippen LogP contribution in [0, 0.1) is 5.82 Å². The number of ether oxygens (including phenoxy) is 1. The summed E-state index contributed by atoms with van der Waals surface area (Å²) in [6, 6.07) is 5.50. The Kier molecular flexibility index (Phi) is 6.51. The molecule has 6 heteroatoms. The largest absolute Gasteiger partial charge is 0.462 e. The molecule has 0 heterocycles. The zero-order valence-electron chi connectivity index (χ0n) is 11.7. The van der Waals surface area contributed by atoms with Crippen LogP contribution >= 0.6 is 11.8 Å². The smallest absolute Gasteiger partial charge is 0.319 e. The minimum absolute atomic E-state index is 0.131. The SMILES string of the molecule is CC(C)OC(=O)C(C)SCC(=O)Nc1ccc(F)cc1. The molecule has 0 spiro atoms. The van der Waals surface area contributed by atoms with Crippen LogP contribution in [-0.4, -0.2) is 29.0 Å². The molecule has 1 aromatic carbocycles. The Morgan fingerprint density at radius 1 is 1.25 bits per heavy atom. The third kappa shape index (κ3) is 6.06. The Labute approximate surface area is 122 Å².